The van der Waals surface area contributed by atoms with Crippen molar-refractivity contribution in [1.82, 2.24) is 0 Å². The fourth-order valence-corrected chi connectivity index (χ4v) is 1.17. The lowest BCUT2D eigenvalue weighted by Gasteiger charge is -2.07. The molecule has 0 saturated heterocycles. The number of aliphatic hydroxyl groups excluding tert-OH is 1. The van der Waals surface area contributed by atoms with Crippen LogP contribution in [0.15, 0.2) is 24.3 Å². The Bertz CT molecular complexity index is 373. The Morgan fingerprint density at radius 1 is 1.24 bits per heavy atom. The van der Waals surface area contributed by atoms with E-state index in [1.807, 2.05) is 0 Å². The fraction of sp³-hybridized carbons (Fsp3) is 0.364. The van der Waals surface area contributed by atoms with Gasteiger partial charge >= 0.3 is 6.18 Å². The number of halogens is 3. The first-order valence-corrected chi connectivity index (χ1v) is 4.97. The van der Waals surface area contributed by atoms with Crippen LogP contribution < -0.4 is 5.32 Å². The summed E-state index contributed by atoms with van der Waals surface area (Å²) in [6.07, 6.45) is -6.04. The molecule has 0 saturated carbocycles. The van der Waals surface area contributed by atoms with Crippen LogP contribution in [0, 0.1) is 0 Å². The molecule has 0 aromatic heterocycles. The average Bonchev–Trinajstić information content (AvgIpc) is 2.27. The Balaban J connectivity index is 2.45. The number of aliphatic hydroxyl groups is 1. The van der Waals surface area contributed by atoms with Crippen molar-refractivity contribution in [3.05, 3.63) is 29.8 Å². The molecule has 1 rings (SSSR count). The van der Waals surface area contributed by atoms with Gasteiger partial charge in [0.2, 0.25) is 5.91 Å². The average molecular weight is 247 g/mol. The molecule has 0 unspecified atom stereocenters. The molecule has 1 amide bonds. The van der Waals surface area contributed by atoms with Gasteiger partial charge in [-0.3, -0.25) is 4.79 Å². The molecule has 94 valence electrons. The molecule has 0 bridgehead atoms. The number of amides is 1. The van der Waals surface area contributed by atoms with E-state index < -0.39 is 24.9 Å². The van der Waals surface area contributed by atoms with Gasteiger partial charge < -0.3 is 10.4 Å². The van der Waals surface area contributed by atoms with Gasteiger partial charge in [-0.05, 0) is 17.7 Å². The third kappa shape index (κ3) is 5.35. The number of alkyl halides is 3. The second kappa shape index (κ2) is 5.67. The van der Waals surface area contributed by atoms with Crippen molar-refractivity contribution in [3.8, 4) is 0 Å². The summed E-state index contributed by atoms with van der Waals surface area (Å²) < 4.78 is 35.5. The number of carbonyl (C=O) groups excluding carboxylic acids is 1. The Labute approximate surface area is 96.3 Å². The first-order chi connectivity index (χ1) is 7.90. The van der Waals surface area contributed by atoms with E-state index in [0.717, 1.165) is 0 Å². The highest BCUT2D eigenvalue weighted by Crippen LogP contribution is 2.21. The third-order valence-corrected chi connectivity index (χ3v) is 2.06. The van der Waals surface area contributed by atoms with Gasteiger partial charge in [0.05, 0.1) is 13.0 Å². The number of carbonyl (C=O) groups is 1. The van der Waals surface area contributed by atoms with Crippen molar-refractivity contribution in [2.24, 2.45) is 0 Å². The predicted octanol–water partition coefficient (Wildman–Crippen LogP) is 2.46. The number of hydrogen-bond donors (Lipinski definition) is 2. The summed E-state index contributed by atoms with van der Waals surface area (Å²) in [6, 6.07) is 6.22. The maximum absolute atomic E-state index is 11.8. The van der Waals surface area contributed by atoms with Crippen molar-refractivity contribution in [1.29, 1.82) is 0 Å². The molecule has 17 heavy (non-hydrogen) atoms. The zero-order chi connectivity index (χ0) is 12.9. The Hall–Kier alpha value is -1.56. The van der Waals surface area contributed by atoms with Crippen LogP contribution in [-0.2, 0) is 11.4 Å². The number of rotatable bonds is 4. The van der Waals surface area contributed by atoms with Gasteiger partial charge in [0, 0.05) is 12.1 Å². The van der Waals surface area contributed by atoms with Crippen LogP contribution in [0.5, 0.6) is 0 Å². The van der Waals surface area contributed by atoms with Gasteiger partial charge in [0.15, 0.2) is 0 Å². The maximum Gasteiger partial charge on any atom is 0.389 e. The summed E-state index contributed by atoms with van der Waals surface area (Å²) in [5, 5.41) is 11.1. The van der Waals surface area contributed by atoms with Crippen molar-refractivity contribution < 1.29 is 23.1 Å². The summed E-state index contributed by atoms with van der Waals surface area (Å²) in [4.78, 5) is 11.2. The van der Waals surface area contributed by atoms with Crippen LogP contribution in [0.4, 0.5) is 18.9 Å². The highest BCUT2D eigenvalue weighted by Gasteiger charge is 2.27. The van der Waals surface area contributed by atoms with Gasteiger partial charge in [-0.2, -0.15) is 13.2 Å². The summed E-state index contributed by atoms with van der Waals surface area (Å²) in [7, 11) is 0. The van der Waals surface area contributed by atoms with Gasteiger partial charge in [-0.25, -0.2) is 0 Å². The van der Waals surface area contributed by atoms with E-state index in [1.54, 1.807) is 12.1 Å². The van der Waals surface area contributed by atoms with E-state index in [9.17, 15) is 18.0 Å². The van der Waals surface area contributed by atoms with E-state index in [4.69, 9.17) is 5.11 Å². The van der Waals surface area contributed by atoms with Crippen molar-refractivity contribution >= 4 is 11.6 Å². The number of nitrogens with one attached hydrogen (secondary N) is 1. The van der Waals surface area contributed by atoms with Crippen LogP contribution in [-0.4, -0.2) is 17.2 Å². The monoisotopic (exact) mass is 247 g/mol. The Morgan fingerprint density at radius 3 is 2.29 bits per heavy atom. The zero-order valence-corrected chi connectivity index (χ0v) is 8.92. The lowest BCUT2D eigenvalue weighted by atomic mass is 10.2. The molecule has 1 aromatic carbocycles. The number of hydrogen-bond acceptors (Lipinski definition) is 2. The minimum atomic E-state index is -4.32. The standard InChI is InChI=1S/C11H12F3NO2/c12-11(13,14)6-5-10(17)15-9-3-1-8(7-16)2-4-9/h1-4,16H,5-7H2,(H,15,17). The molecule has 2 N–H and O–H groups in total. The summed E-state index contributed by atoms with van der Waals surface area (Å²) in [5.74, 6) is -0.681. The molecule has 3 nitrogen and oxygen atoms in total. The Morgan fingerprint density at radius 2 is 1.82 bits per heavy atom. The molecule has 0 aliphatic heterocycles. The number of benzene rings is 1. The van der Waals surface area contributed by atoms with Gasteiger partial charge in [-0.15, -0.1) is 0 Å². The summed E-state index contributed by atoms with van der Waals surface area (Å²) in [6.45, 7) is -0.123. The first-order valence-electron chi connectivity index (χ1n) is 4.97. The van der Waals surface area contributed by atoms with Crippen LogP contribution in [0.25, 0.3) is 0 Å². The highest BCUT2D eigenvalue weighted by atomic mass is 19.4. The molecule has 0 heterocycles. The molecule has 0 atom stereocenters. The second-order valence-electron chi connectivity index (χ2n) is 3.52. The normalized spacial score (nSPS) is 11.3. The number of anilines is 1. The van der Waals surface area contributed by atoms with Gasteiger partial charge in [0.1, 0.15) is 0 Å². The summed E-state index contributed by atoms with van der Waals surface area (Å²) >= 11 is 0. The largest absolute Gasteiger partial charge is 0.392 e. The molecule has 0 aliphatic carbocycles. The highest BCUT2D eigenvalue weighted by molar-refractivity contribution is 5.90. The maximum atomic E-state index is 11.8. The molecular formula is C11H12F3NO2. The Kier molecular flexibility index (Phi) is 4.51. The first kappa shape index (κ1) is 13.5. The van der Waals surface area contributed by atoms with Crippen LogP contribution >= 0.6 is 0 Å². The predicted molar refractivity (Wildman–Crippen MR) is 56.3 cm³/mol. The quantitative estimate of drug-likeness (QED) is 0.858. The minimum absolute atomic E-state index is 0.123. The zero-order valence-electron chi connectivity index (χ0n) is 8.92. The van der Waals surface area contributed by atoms with Crippen LogP contribution in [0.3, 0.4) is 0 Å². The summed E-state index contributed by atoms with van der Waals surface area (Å²) in [5.41, 5.74) is 1.08. The molecule has 0 radical (unpaired) electrons. The fourth-order valence-electron chi connectivity index (χ4n) is 1.17. The lowest BCUT2D eigenvalue weighted by molar-refractivity contribution is -0.142. The smallest absolute Gasteiger partial charge is 0.389 e. The third-order valence-electron chi connectivity index (χ3n) is 2.06. The molecule has 0 aliphatic rings. The van der Waals surface area contributed by atoms with Gasteiger partial charge in [0.25, 0.3) is 0 Å². The van der Waals surface area contributed by atoms with E-state index in [0.29, 0.717) is 11.3 Å². The molecule has 1 aromatic rings. The topological polar surface area (TPSA) is 49.3 Å². The molecular weight excluding hydrogens is 235 g/mol. The molecule has 0 fully saturated rings. The second-order valence-corrected chi connectivity index (χ2v) is 3.52. The van der Waals surface area contributed by atoms with E-state index in [2.05, 4.69) is 5.32 Å². The minimum Gasteiger partial charge on any atom is -0.392 e. The molecule has 0 spiro atoms. The van der Waals surface area contributed by atoms with Crippen molar-refractivity contribution in [3.63, 3.8) is 0 Å². The van der Waals surface area contributed by atoms with E-state index >= 15 is 0 Å². The van der Waals surface area contributed by atoms with Crippen LogP contribution in [0.2, 0.25) is 0 Å². The van der Waals surface area contributed by atoms with E-state index in [-0.39, 0.29) is 6.61 Å². The van der Waals surface area contributed by atoms with E-state index in [1.165, 1.54) is 12.1 Å². The lowest BCUT2D eigenvalue weighted by Crippen LogP contribution is -2.16. The molecule has 6 heteroatoms. The van der Waals surface area contributed by atoms with Crippen molar-refractivity contribution in [2.75, 3.05) is 5.32 Å². The van der Waals surface area contributed by atoms with Crippen LogP contribution in [0.1, 0.15) is 18.4 Å². The SMILES string of the molecule is O=C(CCC(F)(F)F)Nc1ccc(CO)cc1. The van der Waals surface area contributed by atoms with Gasteiger partial charge in [-0.1, -0.05) is 12.1 Å². The van der Waals surface area contributed by atoms with Crippen molar-refractivity contribution in [2.45, 2.75) is 25.6 Å².